The molecule has 0 radical (unpaired) electrons. The molecule has 1 N–H and O–H groups in total. The second-order valence-electron chi connectivity index (χ2n) is 2.74. The molecule has 0 rings (SSSR count). The van der Waals surface area contributed by atoms with E-state index in [0.29, 0.717) is 6.42 Å². The maximum atomic E-state index is 8.71. The average Bonchev–Trinajstić information content (AvgIpc) is 1.96. The monoisotopic (exact) mass is 154 g/mol. The van der Waals surface area contributed by atoms with Gasteiger partial charge in [-0.3, -0.25) is 0 Å². The smallest absolute Gasteiger partial charge is 0.0888 e. The first-order chi connectivity index (χ1) is 5.27. The molecule has 0 aliphatic rings. The summed E-state index contributed by atoms with van der Waals surface area (Å²) in [6, 6.07) is 0. The summed E-state index contributed by atoms with van der Waals surface area (Å²) >= 11 is 0. The van der Waals surface area contributed by atoms with Gasteiger partial charge in [-0.25, -0.2) is 0 Å². The van der Waals surface area contributed by atoms with Crippen molar-refractivity contribution in [3.8, 4) is 0 Å². The minimum absolute atomic E-state index is 0.247. The lowest BCUT2D eigenvalue weighted by atomic mass is 10.2. The van der Waals surface area contributed by atoms with Crippen molar-refractivity contribution >= 4 is 0 Å². The number of aliphatic hydroxyl groups is 1. The number of aliphatic hydroxyl groups excluding tert-OH is 1. The van der Waals surface area contributed by atoms with Crippen molar-refractivity contribution in [3.63, 3.8) is 0 Å². The van der Waals surface area contributed by atoms with Crippen LogP contribution in [0.15, 0.2) is 24.5 Å². The molecule has 0 heterocycles. The van der Waals surface area contributed by atoms with E-state index in [2.05, 4.69) is 19.6 Å². The van der Waals surface area contributed by atoms with Gasteiger partial charge in [0.05, 0.1) is 5.76 Å². The lowest BCUT2D eigenvalue weighted by Crippen LogP contribution is -1.74. The summed E-state index contributed by atoms with van der Waals surface area (Å²) < 4.78 is 0. The van der Waals surface area contributed by atoms with E-state index in [0.717, 1.165) is 6.42 Å². The van der Waals surface area contributed by atoms with E-state index in [1.165, 1.54) is 19.3 Å². The van der Waals surface area contributed by atoms with E-state index in [1.54, 1.807) is 0 Å². The van der Waals surface area contributed by atoms with Gasteiger partial charge in [0, 0.05) is 6.42 Å². The Morgan fingerprint density at radius 1 is 1.36 bits per heavy atom. The molecule has 1 heteroatoms. The zero-order valence-electron chi connectivity index (χ0n) is 7.34. The topological polar surface area (TPSA) is 20.2 Å². The van der Waals surface area contributed by atoms with E-state index < -0.39 is 0 Å². The molecule has 0 unspecified atom stereocenters. The zero-order valence-corrected chi connectivity index (χ0v) is 7.34. The first-order valence-corrected chi connectivity index (χ1v) is 4.29. The number of unbranched alkanes of at least 4 members (excludes halogenated alkanes) is 3. The standard InChI is InChI=1S/C10H18O/c1-3-4-5-6-7-8-9-10(2)11/h7-8,11H,2-6,9H2,1H3/b8-7+. The average molecular weight is 154 g/mol. The fourth-order valence-corrected chi connectivity index (χ4v) is 0.849. The predicted octanol–water partition coefficient (Wildman–Crippen LogP) is 3.58. The summed E-state index contributed by atoms with van der Waals surface area (Å²) in [6.45, 7) is 5.59. The molecule has 0 bridgehead atoms. The van der Waals surface area contributed by atoms with Crippen LogP contribution in [0.3, 0.4) is 0 Å². The summed E-state index contributed by atoms with van der Waals surface area (Å²) in [7, 11) is 0. The highest BCUT2D eigenvalue weighted by Crippen LogP contribution is 2.01. The molecule has 0 atom stereocenters. The van der Waals surface area contributed by atoms with Crippen LogP contribution in [0.5, 0.6) is 0 Å². The van der Waals surface area contributed by atoms with Crippen LogP contribution in [0, 0.1) is 0 Å². The van der Waals surface area contributed by atoms with Gasteiger partial charge < -0.3 is 5.11 Å². The maximum absolute atomic E-state index is 8.71. The Hall–Kier alpha value is -0.720. The normalized spacial score (nSPS) is 10.6. The minimum atomic E-state index is 0.247. The van der Waals surface area contributed by atoms with Crippen LogP contribution in [-0.2, 0) is 0 Å². The highest BCUT2D eigenvalue weighted by Gasteiger charge is 1.83. The van der Waals surface area contributed by atoms with Crippen LogP contribution in [0.4, 0.5) is 0 Å². The van der Waals surface area contributed by atoms with Crippen molar-refractivity contribution in [1.82, 2.24) is 0 Å². The first kappa shape index (κ1) is 10.3. The van der Waals surface area contributed by atoms with Crippen molar-refractivity contribution < 1.29 is 5.11 Å². The van der Waals surface area contributed by atoms with Crippen molar-refractivity contribution in [1.29, 1.82) is 0 Å². The predicted molar refractivity (Wildman–Crippen MR) is 49.7 cm³/mol. The summed E-state index contributed by atoms with van der Waals surface area (Å²) in [5.41, 5.74) is 0. The Bertz CT molecular complexity index is 125. The molecule has 0 amide bonds. The number of hydrogen-bond donors (Lipinski definition) is 1. The van der Waals surface area contributed by atoms with Crippen LogP contribution in [-0.4, -0.2) is 5.11 Å². The molecule has 1 nitrogen and oxygen atoms in total. The van der Waals surface area contributed by atoms with Crippen LogP contribution in [0.25, 0.3) is 0 Å². The molecule has 0 saturated heterocycles. The third-order valence-electron chi connectivity index (χ3n) is 1.49. The van der Waals surface area contributed by atoms with Gasteiger partial charge in [-0.15, -0.1) is 0 Å². The summed E-state index contributed by atoms with van der Waals surface area (Å²) in [6.07, 6.45) is 9.62. The molecule has 0 fully saturated rings. The summed E-state index contributed by atoms with van der Waals surface area (Å²) in [5.74, 6) is 0.247. The molecule has 0 aromatic heterocycles. The fraction of sp³-hybridized carbons (Fsp3) is 0.600. The summed E-state index contributed by atoms with van der Waals surface area (Å²) in [5, 5.41) is 8.71. The van der Waals surface area contributed by atoms with E-state index in [1.807, 2.05) is 6.08 Å². The van der Waals surface area contributed by atoms with Crippen LogP contribution in [0.2, 0.25) is 0 Å². The first-order valence-electron chi connectivity index (χ1n) is 4.29. The third kappa shape index (κ3) is 9.28. The molecular weight excluding hydrogens is 136 g/mol. The molecule has 0 aliphatic carbocycles. The van der Waals surface area contributed by atoms with Crippen molar-refractivity contribution in [2.45, 2.75) is 39.0 Å². The Morgan fingerprint density at radius 3 is 2.64 bits per heavy atom. The molecule has 64 valence electrons. The van der Waals surface area contributed by atoms with Crippen molar-refractivity contribution in [2.75, 3.05) is 0 Å². The number of allylic oxidation sites excluding steroid dienone is 2. The Kier molecular flexibility index (Phi) is 6.90. The lowest BCUT2D eigenvalue weighted by molar-refractivity contribution is 0.404. The lowest BCUT2D eigenvalue weighted by Gasteiger charge is -1.91. The van der Waals surface area contributed by atoms with E-state index in [4.69, 9.17) is 5.11 Å². The molecule has 0 saturated carbocycles. The second kappa shape index (κ2) is 7.39. The van der Waals surface area contributed by atoms with E-state index in [-0.39, 0.29) is 5.76 Å². The fourth-order valence-electron chi connectivity index (χ4n) is 0.849. The number of hydrogen-bond acceptors (Lipinski definition) is 1. The van der Waals surface area contributed by atoms with Crippen LogP contribution >= 0.6 is 0 Å². The van der Waals surface area contributed by atoms with Crippen molar-refractivity contribution in [3.05, 3.63) is 24.5 Å². The molecule has 0 aliphatic heterocycles. The van der Waals surface area contributed by atoms with Crippen LogP contribution in [0.1, 0.15) is 39.0 Å². The van der Waals surface area contributed by atoms with Gasteiger partial charge in [-0.1, -0.05) is 38.5 Å². The highest BCUT2D eigenvalue weighted by atomic mass is 16.3. The Balaban J connectivity index is 3.10. The van der Waals surface area contributed by atoms with E-state index >= 15 is 0 Å². The van der Waals surface area contributed by atoms with Gasteiger partial charge in [0.1, 0.15) is 0 Å². The SMILES string of the molecule is C=C(O)C/C=C/CCCCC. The quantitative estimate of drug-likeness (QED) is 0.352. The summed E-state index contributed by atoms with van der Waals surface area (Å²) in [4.78, 5) is 0. The molecule has 0 aromatic rings. The van der Waals surface area contributed by atoms with Gasteiger partial charge in [-0.2, -0.15) is 0 Å². The van der Waals surface area contributed by atoms with Gasteiger partial charge in [0.25, 0.3) is 0 Å². The van der Waals surface area contributed by atoms with Gasteiger partial charge in [-0.05, 0) is 12.8 Å². The van der Waals surface area contributed by atoms with Gasteiger partial charge >= 0.3 is 0 Å². The van der Waals surface area contributed by atoms with Crippen molar-refractivity contribution in [2.24, 2.45) is 0 Å². The Labute approximate surface area is 69.4 Å². The molecular formula is C10H18O. The molecule has 0 aromatic carbocycles. The highest BCUT2D eigenvalue weighted by molar-refractivity contribution is 4.93. The van der Waals surface area contributed by atoms with Gasteiger partial charge in [0.2, 0.25) is 0 Å². The van der Waals surface area contributed by atoms with Crippen LogP contribution < -0.4 is 0 Å². The largest absolute Gasteiger partial charge is 0.513 e. The molecule has 11 heavy (non-hydrogen) atoms. The van der Waals surface area contributed by atoms with Gasteiger partial charge in [0.15, 0.2) is 0 Å². The maximum Gasteiger partial charge on any atom is 0.0888 e. The second-order valence-corrected chi connectivity index (χ2v) is 2.74. The van der Waals surface area contributed by atoms with E-state index in [9.17, 15) is 0 Å². The minimum Gasteiger partial charge on any atom is -0.513 e. The third-order valence-corrected chi connectivity index (χ3v) is 1.49. The zero-order chi connectivity index (χ0) is 8.53. The molecule has 0 spiro atoms. The Morgan fingerprint density at radius 2 is 2.09 bits per heavy atom. The number of rotatable bonds is 6.